The molecule has 0 atom stereocenters. The fraction of sp³-hybridized carbons (Fsp3) is 0. The van der Waals surface area contributed by atoms with E-state index in [9.17, 15) is 0 Å². The highest BCUT2D eigenvalue weighted by atomic mass is 32.1. The predicted molar refractivity (Wildman–Crippen MR) is 210 cm³/mol. The Kier molecular flexibility index (Phi) is 6.39. The second kappa shape index (κ2) is 11.2. The largest absolute Gasteiger partial charge is 0.456 e. The zero-order chi connectivity index (χ0) is 32.3. The molecule has 10 aromatic rings. The molecule has 0 saturated carbocycles. The first-order chi connectivity index (χ1) is 24.3. The van der Waals surface area contributed by atoms with E-state index < -0.39 is 0 Å². The van der Waals surface area contributed by atoms with E-state index in [1.807, 2.05) is 11.3 Å². The van der Waals surface area contributed by atoms with Crippen molar-refractivity contribution >= 4 is 81.3 Å². The number of rotatable bonds is 5. The molecule has 3 heteroatoms. The Balaban J connectivity index is 1.18. The average Bonchev–Trinajstić information content (AvgIpc) is 3.74. The minimum absolute atomic E-state index is 0.878. The van der Waals surface area contributed by atoms with Gasteiger partial charge in [-0.3, -0.25) is 0 Å². The van der Waals surface area contributed by atoms with Crippen LogP contribution in [0.3, 0.4) is 0 Å². The van der Waals surface area contributed by atoms with Crippen LogP contribution in [0.25, 0.3) is 75.1 Å². The van der Waals surface area contributed by atoms with Gasteiger partial charge in [-0.1, -0.05) is 115 Å². The number of hydrogen-bond acceptors (Lipinski definition) is 3. The summed E-state index contributed by atoms with van der Waals surface area (Å²) >= 11 is 1.85. The van der Waals surface area contributed by atoms with E-state index in [2.05, 4.69) is 181 Å². The first-order valence-corrected chi connectivity index (χ1v) is 17.4. The summed E-state index contributed by atoms with van der Waals surface area (Å²) in [5, 5.41) is 7.28. The van der Waals surface area contributed by atoms with Crippen molar-refractivity contribution in [3.05, 3.63) is 176 Å². The number of hydrogen-bond donors (Lipinski definition) is 0. The third kappa shape index (κ3) is 4.62. The van der Waals surface area contributed by atoms with Gasteiger partial charge in [0.1, 0.15) is 11.2 Å². The van der Waals surface area contributed by atoms with Gasteiger partial charge in [0, 0.05) is 54.1 Å². The first kappa shape index (κ1) is 27.9. The lowest BCUT2D eigenvalue weighted by Gasteiger charge is -2.26. The maximum Gasteiger partial charge on any atom is 0.137 e. The van der Waals surface area contributed by atoms with E-state index in [1.54, 1.807) is 0 Å². The van der Waals surface area contributed by atoms with Crippen LogP contribution in [0.4, 0.5) is 17.1 Å². The molecule has 0 aliphatic rings. The molecular weight excluding hydrogens is 615 g/mol. The summed E-state index contributed by atoms with van der Waals surface area (Å²) in [7, 11) is 0. The quantitative estimate of drug-likeness (QED) is 0.186. The Labute approximate surface area is 287 Å². The van der Waals surface area contributed by atoms with Gasteiger partial charge in [0.15, 0.2) is 0 Å². The molecule has 2 nitrogen and oxygen atoms in total. The van der Waals surface area contributed by atoms with Gasteiger partial charge in [0.25, 0.3) is 0 Å². The summed E-state index contributed by atoms with van der Waals surface area (Å²) < 4.78 is 9.13. The molecule has 0 unspecified atom stereocenters. The smallest absolute Gasteiger partial charge is 0.137 e. The van der Waals surface area contributed by atoms with Crippen LogP contribution in [0, 0.1) is 0 Å². The van der Waals surface area contributed by atoms with Crippen molar-refractivity contribution in [1.29, 1.82) is 0 Å². The van der Waals surface area contributed by atoms with Crippen LogP contribution >= 0.6 is 11.3 Å². The molecule has 0 saturated heterocycles. The fourth-order valence-corrected chi connectivity index (χ4v) is 8.48. The third-order valence-corrected chi connectivity index (χ3v) is 10.8. The van der Waals surface area contributed by atoms with Gasteiger partial charge in [0.2, 0.25) is 0 Å². The van der Waals surface area contributed by atoms with E-state index in [0.29, 0.717) is 0 Å². The van der Waals surface area contributed by atoms with Crippen molar-refractivity contribution in [2.45, 2.75) is 0 Å². The topological polar surface area (TPSA) is 16.4 Å². The summed E-state index contributed by atoms with van der Waals surface area (Å²) in [6.07, 6.45) is 0. The second-order valence-electron chi connectivity index (χ2n) is 12.5. The van der Waals surface area contributed by atoms with Crippen LogP contribution in [-0.4, -0.2) is 0 Å². The maximum absolute atomic E-state index is 6.56. The first-order valence-electron chi connectivity index (χ1n) is 16.6. The molecular formula is C46H29NOS. The molecule has 0 fully saturated rings. The van der Waals surface area contributed by atoms with E-state index in [-0.39, 0.29) is 0 Å². The van der Waals surface area contributed by atoms with Crippen molar-refractivity contribution in [1.82, 2.24) is 0 Å². The lowest BCUT2D eigenvalue weighted by molar-refractivity contribution is 0.669. The third-order valence-electron chi connectivity index (χ3n) is 9.66. The normalized spacial score (nSPS) is 11.7. The number of fused-ring (bicyclic) bond motifs is 8. The molecule has 0 N–H and O–H groups in total. The molecule has 8 aromatic carbocycles. The highest BCUT2D eigenvalue weighted by molar-refractivity contribution is 7.26. The van der Waals surface area contributed by atoms with Crippen molar-refractivity contribution < 1.29 is 4.42 Å². The highest BCUT2D eigenvalue weighted by Gasteiger charge is 2.19. The molecule has 0 radical (unpaired) electrons. The molecule has 0 amide bonds. The van der Waals surface area contributed by atoms with Crippen LogP contribution in [0.2, 0.25) is 0 Å². The highest BCUT2D eigenvalue weighted by Crippen LogP contribution is 2.45. The lowest BCUT2D eigenvalue weighted by atomic mass is 9.99. The molecule has 2 heterocycles. The Morgan fingerprint density at radius 2 is 1.08 bits per heavy atom. The fourth-order valence-electron chi connectivity index (χ4n) is 7.37. The summed E-state index contributed by atoms with van der Waals surface area (Å²) in [4.78, 5) is 2.35. The van der Waals surface area contributed by atoms with Crippen LogP contribution < -0.4 is 4.90 Å². The standard InChI is InChI=1S/C46H29NOS/c1-3-10-30(11-4-1)31-18-21-34(22-19-31)47(36-23-25-39-42(29-36)48-41-26-20-33-14-7-8-15-37(33)45(39)41)35-24-27-43-40(28-35)46-38(16-9-17-44(46)49-43)32-12-5-2-6-13-32/h1-29H. The van der Waals surface area contributed by atoms with E-state index >= 15 is 0 Å². The van der Waals surface area contributed by atoms with Crippen LogP contribution in [0.5, 0.6) is 0 Å². The summed E-state index contributed by atoms with van der Waals surface area (Å²) in [6, 6.07) is 63.1. The molecule has 0 aliphatic carbocycles. The zero-order valence-corrected chi connectivity index (χ0v) is 27.3. The van der Waals surface area contributed by atoms with Crippen LogP contribution in [0.15, 0.2) is 180 Å². The SMILES string of the molecule is c1ccc(-c2ccc(N(c3ccc4c(c3)oc3ccc5ccccc5c34)c3ccc4sc5cccc(-c6ccccc6)c5c4c3)cc2)cc1. The van der Waals surface area contributed by atoms with Crippen molar-refractivity contribution in [3.63, 3.8) is 0 Å². The summed E-state index contributed by atoms with van der Waals surface area (Å²) in [6.45, 7) is 0. The maximum atomic E-state index is 6.56. The van der Waals surface area contributed by atoms with Crippen LogP contribution in [0.1, 0.15) is 0 Å². The summed E-state index contributed by atoms with van der Waals surface area (Å²) in [5.74, 6) is 0. The van der Waals surface area contributed by atoms with Crippen molar-refractivity contribution in [2.24, 2.45) is 0 Å². The Morgan fingerprint density at radius 3 is 1.92 bits per heavy atom. The number of thiophene rings is 1. The van der Waals surface area contributed by atoms with Gasteiger partial charge in [-0.2, -0.15) is 0 Å². The van der Waals surface area contributed by atoms with Gasteiger partial charge < -0.3 is 9.32 Å². The van der Waals surface area contributed by atoms with Gasteiger partial charge >= 0.3 is 0 Å². The molecule has 230 valence electrons. The van der Waals surface area contributed by atoms with Gasteiger partial charge in [-0.05, 0) is 87.6 Å². The monoisotopic (exact) mass is 643 g/mol. The minimum Gasteiger partial charge on any atom is -0.456 e. The van der Waals surface area contributed by atoms with E-state index in [1.165, 1.54) is 53.2 Å². The number of benzene rings is 8. The van der Waals surface area contributed by atoms with E-state index in [0.717, 1.165) is 39.0 Å². The van der Waals surface area contributed by atoms with Gasteiger partial charge in [0.05, 0.1) is 0 Å². The Morgan fingerprint density at radius 1 is 0.388 bits per heavy atom. The average molecular weight is 644 g/mol. The molecule has 49 heavy (non-hydrogen) atoms. The number of anilines is 3. The molecule has 10 rings (SSSR count). The molecule has 2 aromatic heterocycles. The minimum atomic E-state index is 0.878. The van der Waals surface area contributed by atoms with Crippen molar-refractivity contribution in [3.8, 4) is 22.3 Å². The second-order valence-corrected chi connectivity index (χ2v) is 13.6. The zero-order valence-electron chi connectivity index (χ0n) is 26.5. The van der Waals surface area contributed by atoms with E-state index in [4.69, 9.17) is 4.42 Å². The Hall–Kier alpha value is -6.16. The number of furan rings is 1. The number of nitrogens with zero attached hydrogens (tertiary/aromatic N) is 1. The molecule has 0 aliphatic heterocycles. The molecule has 0 spiro atoms. The lowest BCUT2D eigenvalue weighted by Crippen LogP contribution is -2.09. The van der Waals surface area contributed by atoms with Gasteiger partial charge in [-0.15, -0.1) is 11.3 Å². The van der Waals surface area contributed by atoms with Crippen molar-refractivity contribution in [2.75, 3.05) is 4.90 Å². The molecule has 0 bridgehead atoms. The summed E-state index contributed by atoms with van der Waals surface area (Å²) in [5.41, 5.74) is 9.90. The van der Waals surface area contributed by atoms with Gasteiger partial charge in [-0.25, -0.2) is 0 Å². The Bertz CT molecular complexity index is 2810. The predicted octanol–water partition coefficient (Wildman–Crippen LogP) is 13.9. The van der Waals surface area contributed by atoms with Crippen LogP contribution in [-0.2, 0) is 0 Å².